The molecule has 0 saturated carbocycles. The molecule has 1 aromatic heterocycles. The number of nitrogens with zero attached hydrogens (tertiary/aromatic N) is 1. The van der Waals surface area contributed by atoms with E-state index < -0.39 is 0 Å². The van der Waals surface area contributed by atoms with Crippen LogP contribution in [0.5, 0.6) is 0 Å². The Morgan fingerprint density at radius 1 is 1.06 bits per heavy atom. The molecule has 0 aliphatic carbocycles. The van der Waals surface area contributed by atoms with Crippen molar-refractivity contribution in [1.82, 2.24) is 4.98 Å². The molecule has 0 amide bonds. The normalized spacial score (nSPS) is 10.9. The monoisotopic (exact) mass is 259 g/mol. The van der Waals surface area contributed by atoms with E-state index in [0.717, 1.165) is 16.1 Å². The van der Waals surface area contributed by atoms with Gasteiger partial charge in [-0.1, -0.05) is 36.4 Å². The third-order valence-corrected chi connectivity index (χ3v) is 4.00. The maximum absolute atomic E-state index is 5.84. The first-order valence-corrected chi connectivity index (χ1v) is 6.73. The molecular formula is C14H10ClNS. The first-order chi connectivity index (χ1) is 8.36. The van der Waals surface area contributed by atoms with Crippen LogP contribution in [-0.2, 0) is 5.88 Å². The second-order valence-electron chi connectivity index (χ2n) is 3.82. The fraction of sp³-hybridized carbons (Fsp3) is 0.0714. The van der Waals surface area contributed by atoms with E-state index in [1.165, 1.54) is 10.3 Å². The van der Waals surface area contributed by atoms with E-state index in [2.05, 4.69) is 23.2 Å². The maximum Gasteiger partial charge on any atom is 0.124 e. The highest BCUT2D eigenvalue weighted by atomic mass is 35.5. The molecule has 0 aliphatic heterocycles. The molecule has 0 N–H and O–H groups in total. The van der Waals surface area contributed by atoms with Gasteiger partial charge in [-0.05, 0) is 17.7 Å². The minimum absolute atomic E-state index is 0.550. The molecule has 0 radical (unpaired) electrons. The van der Waals surface area contributed by atoms with E-state index in [1.54, 1.807) is 11.3 Å². The molecule has 1 heterocycles. The number of hydrogen-bond acceptors (Lipinski definition) is 2. The molecule has 3 rings (SSSR count). The molecule has 0 atom stereocenters. The Kier molecular flexibility index (Phi) is 2.83. The van der Waals surface area contributed by atoms with Crippen molar-refractivity contribution in [1.29, 1.82) is 0 Å². The maximum atomic E-state index is 5.84. The van der Waals surface area contributed by atoms with E-state index in [-0.39, 0.29) is 0 Å². The molecular weight excluding hydrogens is 250 g/mol. The molecule has 0 spiro atoms. The van der Waals surface area contributed by atoms with Gasteiger partial charge in [0.2, 0.25) is 0 Å². The smallest absolute Gasteiger partial charge is 0.124 e. The first kappa shape index (κ1) is 10.8. The van der Waals surface area contributed by atoms with Crippen molar-refractivity contribution >= 4 is 33.2 Å². The molecule has 2 aromatic carbocycles. The van der Waals surface area contributed by atoms with Gasteiger partial charge in [-0.3, -0.25) is 0 Å². The Morgan fingerprint density at radius 2 is 1.88 bits per heavy atom. The minimum atomic E-state index is 0.550. The number of thiazole rings is 1. The lowest BCUT2D eigenvalue weighted by atomic mass is 10.2. The Morgan fingerprint density at radius 3 is 2.65 bits per heavy atom. The van der Waals surface area contributed by atoms with E-state index in [1.807, 2.05) is 30.3 Å². The summed E-state index contributed by atoms with van der Waals surface area (Å²) >= 11 is 7.55. The molecule has 0 fully saturated rings. The lowest BCUT2D eigenvalue weighted by Gasteiger charge is -1.92. The zero-order chi connectivity index (χ0) is 11.7. The van der Waals surface area contributed by atoms with Gasteiger partial charge in [0.1, 0.15) is 5.01 Å². The third-order valence-electron chi connectivity index (χ3n) is 2.63. The Balaban J connectivity index is 2.14. The van der Waals surface area contributed by atoms with E-state index in [9.17, 15) is 0 Å². The van der Waals surface area contributed by atoms with Crippen LogP contribution in [0.1, 0.15) is 5.56 Å². The minimum Gasteiger partial charge on any atom is -0.236 e. The predicted molar refractivity (Wildman–Crippen MR) is 74.6 cm³/mol. The fourth-order valence-electron chi connectivity index (χ4n) is 1.76. The van der Waals surface area contributed by atoms with Crippen LogP contribution < -0.4 is 0 Å². The highest BCUT2D eigenvalue weighted by molar-refractivity contribution is 7.21. The van der Waals surface area contributed by atoms with Crippen LogP contribution in [0.3, 0.4) is 0 Å². The van der Waals surface area contributed by atoms with Crippen molar-refractivity contribution in [3.8, 4) is 10.6 Å². The number of hydrogen-bond donors (Lipinski definition) is 0. The summed E-state index contributed by atoms with van der Waals surface area (Å²) in [6.07, 6.45) is 0. The third kappa shape index (κ3) is 2.06. The lowest BCUT2D eigenvalue weighted by molar-refractivity contribution is 1.41. The van der Waals surface area contributed by atoms with Gasteiger partial charge >= 0.3 is 0 Å². The van der Waals surface area contributed by atoms with Crippen LogP contribution in [0, 0.1) is 0 Å². The van der Waals surface area contributed by atoms with Gasteiger partial charge in [-0.2, -0.15) is 0 Å². The summed E-state index contributed by atoms with van der Waals surface area (Å²) in [5.74, 6) is 0.550. The van der Waals surface area contributed by atoms with Crippen molar-refractivity contribution in [2.75, 3.05) is 0 Å². The summed E-state index contributed by atoms with van der Waals surface area (Å²) in [5.41, 5.74) is 3.35. The van der Waals surface area contributed by atoms with Gasteiger partial charge in [0, 0.05) is 11.4 Å². The summed E-state index contributed by atoms with van der Waals surface area (Å²) in [7, 11) is 0. The number of benzene rings is 2. The van der Waals surface area contributed by atoms with Crippen LogP contribution in [0.25, 0.3) is 20.8 Å². The quantitative estimate of drug-likeness (QED) is 0.608. The van der Waals surface area contributed by atoms with Crippen LogP contribution in [0.15, 0.2) is 48.5 Å². The van der Waals surface area contributed by atoms with E-state index >= 15 is 0 Å². The average molecular weight is 260 g/mol. The van der Waals surface area contributed by atoms with Crippen LogP contribution in [-0.4, -0.2) is 4.98 Å². The zero-order valence-corrected chi connectivity index (χ0v) is 10.6. The molecule has 1 nitrogen and oxygen atoms in total. The molecule has 17 heavy (non-hydrogen) atoms. The topological polar surface area (TPSA) is 12.9 Å². The SMILES string of the molecule is ClCc1ccc2nc(-c3ccccc3)sc2c1. The highest BCUT2D eigenvalue weighted by Crippen LogP contribution is 2.30. The van der Waals surface area contributed by atoms with Crippen molar-refractivity contribution in [2.45, 2.75) is 5.88 Å². The standard InChI is InChI=1S/C14H10ClNS/c15-9-10-6-7-12-13(8-10)17-14(16-12)11-4-2-1-3-5-11/h1-8H,9H2. The van der Waals surface area contributed by atoms with Gasteiger partial charge in [-0.15, -0.1) is 22.9 Å². The summed E-state index contributed by atoms with van der Waals surface area (Å²) in [6.45, 7) is 0. The van der Waals surface area contributed by atoms with Gasteiger partial charge in [0.05, 0.1) is 10.2 Å². The van der Waals surface area contributed by atoms with Gasteiger partial charge in [0.25, 0.3) is 0 Å². The molecule has 0 aliphatic rings. The van der Waals surface area contributed by atoms with Crippen molar-refractivity contribution in [3.63, 3.8) is 0 Å². The molecule has 3 aromatic rings. The number of fused-ring (bicyclic) bond motifs is 1. The van der Waals surface area contributed by atoms with Crippen molar-refractivity contribution in [3.05, 3.63) is 54.1 Å². The van der Waals surface area contributed by atoms with Gasteiger partial charge in [0.15, 0.2) is 0 Å². The van der Waals surface area contributed by atoms with Crippen molar-refractivity contribution < 1.29 is 0 Å². The summed E-state index contributed by atoms with van der Waals surface area (Å²) < 4.78 is 1.20. The van der Waals surface area contributed by atoms with Crippen molar-refractivity contribution in [2.24, 2.45) is 0 Å². The summed E-state index contributed by atoms with van der Waals surface area (Å²) in [5, 5.41) is 1.06. The van der Waals surface area contributed by atoms with E-state index in [0.29, 0.717) is 5.88 Å². The van der Waals surface area contributed by atoms with Gasteiger partial charge < -0.3 is 0 Å². The Hall–Kier alpha value is -1.38. The second-order valence-corrected chi connectivity index (χ2v) is 5.12. The summed E-state index contributed by atoms with van der Waals surface area (Å²) in [4.78, 5) is 4.63. The van der Waals surface area contributed by atoms with Crippen LogP contribution in [0.2, 0.25) is 0 Å². The Labute approximate surface area is 109 Å². The summed E-state index contributed by atoms with van der Waals surface area (Å²) in [6, 6.07) is 16.4. The molecule has 84 valence electrons. The number of alkyl halides is 1. The molecule has 0 bridgehead atoms. The predicted octanol–water partition coefficient (Wildman–Crippen LogP) is 4.70. The lowest BCUT2D eigenvalue weighted by Crippen LogP contribution is -1.76. The largest absolute Gasteiger partial charge is 0.236 e. The number of halogens is 1. The van der Waals surface area contributed by atoms with Crippen LogP contribution >= 0.6 is 22.9 Å². The number of aromatic nitrogens is 1. The molecule has 0 saturated heterocycles. The fourth-order valence-corrected chi connectivity index (χ4v) is 2.96. The van der Waals surface area contributed by atoms with E-state index in [4.69, 9.17) is 11.6 Å². The first-order valence-electron chi connectivity index (χ1n) is 5.37. The zero-order valence-electron chi connectivity index (χ0n) is 9.06. The highest BCUT2D eigenvalue weighted by Gasteiger charge is 2.06. The van der Waals surface area contributed by atoms with Crippen LogP contribution in [0.4, 0.5) is 0 Å². The average Bonchev–Trinajstić information content (AvgIpc) is 2.82. The number of rotatable bonds is 2. The Bertz CT molecular complexity index is 646. The second kappa shape index (κ2) is 4.47. The molecule has 3 heteroatoms. The molecule has 0 unspecified atom stereocenters. The van der Waals surface area contributed by atoms with Gasteiger partial charge in [-0.25, -0.2) is 4.98 Å².